The topological polar surface area (TPSA) is 52.6 Å². The number of aliphatic carboxylic acids is 1. The van der Waals surface area contributed by atoms with Crippen LogP contribution in [0, 0.1) is 0 Å². The van der Waals surface area contributed by atoms with E-state index in [1.54, 1.807) is 0 Å². The molecule has 0 amide bonds. The Kier molecular flexibility index (Phi) is 7.64. The summed E-state index contributed by atoms with van der Waals surface area (Å²) in [6.45, 7) is 1.77. The lowest BCUT2D eigenvalue weighted by Gasteiger charge is -2.35. The number of likely N-dealkylation sites (tertiary alicyclic amines) is 1. The Morgan fingerprint density at radius 3 is 2.25 bits per heavy atom. The van der Waals surface area contributed by atoms with Gasteiger partial charge in [-0.05, 0) is 50.0 Å². The average Bonchev–Trinajstić information content (AvgIpc) is 2.92. The third-order valence-electron chi connectivity index (χ3n) is 4.82. The highest BCUT2D eigenvalue weighted by molar-refractivity contribution is 6.30. The largest absolute Gasteiger partial charge is 0.490 e. The van der Waals surface area contributed by atoms with E-state index in [-0.39, 0.29) is 25.0 Å². The average molecular weight is 429 g/mol. The van der Waals surface area contributed by atoms with Crippen LogP contribution in [0.15, 0.2) is 24.3 Å². The van der Waals surface area contributed by atoms with E-state index in [1.165, 1.54) is 0 Å². The normalized spacial score (nSPS) is 23.1. The summed E-state index contributed by atoms with van der Waals surface area (Å²) in [7, 11) is 0. The lowest BCUT2D eigenvalue weighted by Crippen LogP contribution is -2.46. The van der Waals surface area contributed by atoms with E-state index in [1.807, 2.05) is 24.3 Å². The number of carbonyl (C=O) groups is 1. The van der Waals surface area contributed by atoms with Crippen LogP contribution in [0.4, 0.5) is 22.0 Å². The van der Waals surface area contributed by atoms with Gasteiger partial charge < -0.3 is 10.4 Å². The lowest BCUT2D eigenvalue weighted by atomic mass is 9.99. The smallest absolute Gasteiger partial charge is 0.475 e. The second-order valence-corrected chi connectivity index (χ2v) is 7.44. The molecular formula is C18H22ClF5N2O2. The van der Waals surface area contributed by atoms with Gasteiger partial charge in [-0.15, -0.1) is 0 Å². The maximum atomic E-state index is 13.9. The highest BCUT2D eigenvalue weighted by Crippen LogP contribution is 2.36. The van der Waals surface area contributed by atoms with Crippen LogP contribution in [0.25, 0.3) is 0 Å². The summed E-state index contributed by atoms with van der Waals surface area (Å²) in [5, 5.41) is 11.1. The van der Waals surface area contributed by atoms with Crippen LogP contribution >= 0.6 is 11.6 Å². The minimum absolute atomic E-state index is 0.0282. The fourth-order valence-electron chi connectivity index (χ4n) is 3.57. The van der Waals surface area contributed by atoms with Crippen LogP contribution in [-0.2, 0) is 11.2 Å². The van der Waals surface area contributed by atoms with Crippen molar-refractivity contribution in [2.24, 2.45) is 0 Å². The molecule has 0 aromatic heterocycles. The first kappa shape index (κ1) is 22.8. The Labute approximate surface area is 164 Å². The van der Waals surface area contributed by atoms with E-state index in [4.69, 9.17) is 21.5 Å². The molecule has 4 nitrogen and oxygen atoms in total. The molecule has 10 heteroatoms. The number of alkyl halides is 5. The number of carboxylic acids is 1. The summed E-state index contributed by atoms with van der Waals surface area (Å²) in [6, 6.07) is 7.78. The zero-order chi connectivity index (χ0) is 20.9. The summed E-state index contributed by atoms with van der Waals surface area (Å²) < 4.78 is 59.5. The van der Waals surface area contributed by atoms with Crippen LogP contribution < -0.4 is 5.32 Å². The molecule has 0 aliphatic carbocycles. The van der Waals surface area contributed by atoms with Gasteiger partial charge in [0.2, 0.25) is 0 Å². The number of hydrogen-bond donors (Lipinski definition) is 2. The molecule has 1 aromatic rings. The molecular weight excluding hydrogens is 407 g/mol. The number of hydrogen-bond acceptors (Lipinski definition) is 3. The van der Waals surface area contributed by atoms with Crippen LogP contribution in [-0.4, -0.2) is 59.8 Å². The zero-order valence-corrected chi connectivity index (χ0v) is 15.7. The van der Waals surface area contributed by atoms with Crippen molar-refractivity contribution in [2.45, 2.75) is 49.9 Å². The first-order valence-corrected chi connectivity index (χ1v) is 9.24. The highest BCUT2D eigenvalue weighted by Gasteiger charge is 2.47. The van der Waals surface area contributed by atoms with Crippen molar-refractivity contribution in [1.29, 1.82) is 0 Å². The van der Waals surface area contributed by atoms with E-state index in [0.717, 1.165) is 31.5 Å². The molecule has 0 radical (unpaired) electrons. The third-order valence-corrected chi connectivity index (χ3v) is 5.07. The molecule has 3 rings (SSSR count). The monoisotopic (exact) mass is 428 g/mol. The first-order chi connectivity index (χ1) is 13.0. The maximum absolute atomic E-state index is 13.9. The van der Waals surface area contributed by atoms with E-state index in [0.29, 0.717) is 11.4 Å². The van der Waals surface area contributed by atoms with Crippen LogP contribution in [0.5, 0.6) is 0 Å². The standard InChI is InChI=1S/C16H21ClF2N2.C2HF3O2/c17-13-3-1-12(2-4-13)9-15-10-16(18,19)11-21(15)14-5-7-20-8-6-14;3-2(4,5)1(6)7/h1-4,14-15,20H,5-11H2;(H,6,7)/t15-;/m0./s1. The number of nitrogens with zero attached hydrogens (tertiary/aromatic N) is 1. The Bertz CT molecular complexity index is 648. The predicted octanol–water partition coefficient (Wildman–Crippen LogP) is 3.98. The Morgan fingerprint density at radius 2 is 1.75 bits per heavy atom. The minimum Gasteiger partial charge on any atom is -0.475 e. The summed E-state index contributed by atoms with van der Waals surface area (Å²) in [5.41, 5.74) is 1.08. The zero-order valence-electron chi connectivity index (χ0n) is 15.0. The van der Waals surface area contributed by atoms with Crippen LogP contribution in [0.3, 0.4) is 0 Å². The van der Waals surface area contributed by atoms with Crippen molar-refractivity contribution in [3.63, 3.8) is 0 Å². The van der Waals surface area contributed by atoms with Crippen molar-refractivity contribution in [3.05, 3.63) is 34.9 Å². The molecule has 2 saturated heterocycles. The van der Waals surface area contributed by atoms with Gasteiger partial charge in [-0.3, -0.25) is 4.90 Å². The van der Waals surface area contributed by atoms with E-state index in [2.05, 4.69) is 10.2 Å². The second-order valence-electron chi connectivity index (χ2n) is 7.00. The molecule has 2 N–H and O–H groups in total. The Balaban J connectivity index is 0.000000345. The van der Waals surface area contributed by atoms with Crippen molar-refractivity contribution < 1.29 is 31.9 Å². The molecule has 2 heterocycles. The lowest BCUT2D eigenvalue weighted by molar-refractivity contribution is -0.192. The second kappa shape index (κ2) is 9.37. The molecule has 0 bridgehead atoms. The van der Waals surface area contributed by atoms with Gasteiger partial charge in [0, 0.05) is 23.5 Å². The van der Waals surface area contributed by atoms with Gasteiger partial charge in [0.1, 0.15) is 0 Å². The van der Waals surface area contributed by atoms with Crippen molar-refractivity contribution in [2.75, 3.05) is 19.6 Å². The SMILES string of the molecule is FC1(F)C[C@H](Cc2ccc(Cl)cc2)N(C2CCNCC2)C1.O=C(O)C(F)(F)F. The number of piperidine rings is 1. The van der Waals surface area contributed by atoms with E-state index < -0.39 is 18.1 Å². The molecule has 2 aliphatic heterocycles. The van der Waals surface area contributed by atoms with Gasteiger partial charge in [-0.1, -0.05) is 23.7 Å². The molecule has 1 atom stereocenters. The molecule has 28 heavy (non-hydrogen) atoms. The van der Waals surface area contributed by atoms with E-state index >= 15 is 0 Å². The molecule has 158 valence electrons. The van der Waals surface area contributed by atoms with E-state index in [9.17, 15) is 22.0 Å². The predicted molar refractivity (Wildman–Crippen MR) is 94.8 cm³/mol. The molecule has 0 unspecified atom stereocenters. The van der Waals surface area contributed by atoms with Crippen LogP contribution in [0.1, 0.15) is 24.8 Å². The maximum Gasteiger partial charge on any atom is 0.490 e. The van der Waals surface area contributed by atoms with Gasteiger partial charge >= 0.3 is 12.1 Å². The molecule has 2 aliphatic rings. The number of rotatable bonds is 3. The van der Waals surface area contributed by atoms with Crippen molar-refractivity contribution in [3.8, 4) is 0 Å². The van der Waals surface area contributed by atoms with Gasteiger partial charge in [0.15, 0.2) is 0 Å². The van der Waals surface area contributed by atoms with Crippen LogP contribution in [0.2, 0.25) is 5.02 Å². The third kappa shape index (κ3) is 6.86. The fourth-order valence-corrected chi connectivity index (χ4v) is 3.70. The number of nitrogens with one attached hydrogen (secondary N) is 1. The van der Waals surface area contributed by atoms with Gasteiger partial charge in [-0.25, -0.2) is 13.6 Å². The molecule has 1 aromatic carbocycles. The summed E-state index contributed by atoms with van der Waals surface area (Å²) >= 11 is 5.89. The molecule has 2 fully saturated rings. The first-order valence-electron chi connectivity index (χ1n) is 8.87. The summed E-state index contributed by atoms with van der Waals surface area (Å²) in [5.74, 6) is -5.31. The minimum atomic E-state index is -5.08. The Morgan fingerprint density at radius 1 is 1.21 bits per heavy atom. The highest BCUT2D eigenvalue weighted by atomic mass is 35.5. The van der Waals surface area contributed by atoms with Gasteiger partial charge in [-0.2, -0.15) is 13.2 Å². The number of benzene rings is 1. The van der Waals surface area contributed by atoms with Crippen molar-refractivity contribution in [1.82, 2.24) is 10.2 Å². The number of carboxylic acid groups (broad SMARTS) is 1. The summed E-state index contributed by atoms with van der Waals surface area (Å²) in [6.07, 6.45) is -2.50. The Hall–Kier alpha value is -1.45. The molecule has 0 saturated carbocycles. The fraction of sp³-hybridized carbons (Fsp3) is 0.611. The van der Waals surface area contributed by atoms with Gasteiger partial charge in [0.25, 0.3) is 5.92 Å². The quantitative estimate of drug-likeness (QED) is 0.715. The molecule has 0 spiro atoms. The van der Waals surface area contributed by atoms with Crippen molar-refractivity contribution >= 4 is 17.6 Å². The van der Waals surface area contributed by atoms with Gasteiger partial charge in [0.05, 0.1) is 6.54 Å². The summed E-state index contributed by atoms with van der Waals surface area (Å²) in [4.78, 5) is 10.9. The number of halogens is 6.